The predicted molar refractivity (Wildman–Crippen MR) is 91.6 cm³/mol. The highest BCUT2D eigenvalue weighted by Crippen LogP contribution is 2.35. The van der Waals surface area contributed by atoms with Gasteiger partial charge in [0.25, 0.3) is 0 Å². The van der Waals surface area contributed by atoms with Crippen molar-refractivity contribution in [3.05, 3.63) is 28.2 Å². The van der Waals surface area contributed by atoms with Gasteiger partial charge in [0, 0.05) is 6.04 Å². The van der Waals surface area contributed by atoms with Crippen molar-refractivity contribution >= 4 is 34.8 Å². The molecule has 0 spiro atoms. The molecular formula is C17H22Cl2N2O. The molecule has 2 atom stereocenters. The Hall–Kier alpha value is -0.770. The number of carbonyl (C=O) groups is 1. The number of benzene rings is 1. The van der Waals surface area contributed by atoms with Crippen LogP contribution < -0.4 is 5.32 Å². The molecule has 2 fully saturated rings. The van der Waals surface area contributed by atoms with Gasteiger partial charge in [-0.15, -0.1) is 0 Å². The van der Waals surface area contributed by atoms with Crippen LogP contribution in [0.5, 0.6) is 0 Å². The Balaban J connectivity index is 1.62. The van der Waals surface area contributed by atoms with Crippen LogP contribution in [0, 0.1) is 5.92 Å². The van der Waals surface area contributed by atoms with E-state index in [1.54, 1.807) is 18.2 Å². The number of hydrogen-bond donors (Lipinski definition) is 1. The van der Waals surface area contributed by atoms with Gasteiger partial charge in [0.1, 0.15) is 0 Å². The maximum Gasteiger partial charge on any atom is 0.238 e. The minimum absolute atomic E-state index is 0.00427. The van der Waals surface area contributed by atoms with Crippen molar-refractivity contribution in [2.24, 2.45) is 5.92 Å². The fraction of sp³-hybridized carbons (Fsp3) is 0.588. The number of likely N-dealkylation sites (tertiary alicyclic amines) is 1. The second kappa shape index (κ2) is 7.20. The minimum Gasteiger partial charge on any atom is -0.324 e. The van der Waals surface area contributed by atoms with E-state index in [9.17, 15) is 4.79 Å². The number of rotatable bonds is 3. The maximum absolute atomic E-state index is 12.4. The van der Waals surface area contributed by atoms with Crippen molar-refractivity contribution in [2.45, 2.75) is 44.6 Å². The zero-order valence-corrected chi connectivity index (χ0v) is 14.2. The minimum atomic E-state index is -0.00427. The molecular weight excluding hydrogens is 319 g/mol. The van der Waals surface area contributed by atoms with Gasteiger partial charge in [0.15, 0.2) is 0 Å². The van der Waals surface area contributed by atoms with E-state index in [2.05, 4.69) is 10.2 Å². The lowest BCUT2D eigenvalue weighted by atomic mass is 9.78. The second-order valence-corrected chi connectivity index (χ2v) is 7.16. The van der Waals surface area contributed by atoms with Gasteiger partial charge in [-0.1, -0.05) is 42.1 Å². The molecule has 22 heavy (non-hydrogen) atoms. The van der Waals surface area contributed by atoms with Crippen molar-refractivity contribution in [3.8, 4) is 0 Å². The van der Waals surface area contributed by atoms with Crippen LogP contribution in [-0.2, 0) is 4.79 Å². The lowest BCUT2D eigenvalue weighted by Gasteiger charge is -2.43. The van der Waals surface area contributed by atoms with E-state index in [-0.39, 0.29) is 5.91 Å². The van der Waals surface area contributed by atoms with Gasteiger partial charge in [-0.3, -0.25) is 9.69 Å². The molecule has 0 radical (unpaired) electrons. The third-order valence-corrected chi connectivity index (χ3v) is 5.75. The summed E-state index contributed by atoms with van der Waals surface area (Å²) in [6.07, 6.45) is 7.72. The third kappa shape index (κ3) is 3.58. The van der Waals surface area contributed by atoms with Crippen LogP contribution in [0.4, 0.5) is 5.69 Å². The van der Waals surface area contributed by atoms with Crippen molar-refractivity contribution in [3.63, 3.8) is 0 Å². The number of anilines is 1. The molecule has 1 aliphatic heterocycles. The number of hydrogen-bond acceptors (Lipinski definition) is 2. The van der Waals surface area contributed by atoms with Gasteiger partial charge < -0.3 is 5.32 Å². The number of halogens is 2. The molecule has 0 bridgehead atoms. The largest absolute Gasteiger partial charge is 0.324 e. The summed E-state index contributed by atoms with van der Waals surface area (Å²) < 4.78 is 0. The molecule has 1 N–H and O–H groups in total. The first-order valence-corrected chi connectivity index (χ1v) is 8.88. The Kier molecular flexibility index (Phi) is 5.27. The third-order valence-electron chi connectivity index (χ3n) is 4.93. The summed E-state index contributed by atoms with van der Waals surface area (Å²) >= 11 is 12.1. The molecule has 1 saturated heterocycles. The Labute approximate surface area is 142 Å². The molecule has 1 heterocycles. The highest BCUT2D eigenvalue weighted by Gasteiger charge is 2.33. The summed E-state index contributed by atoms with van der Waals surface area (Å²) in [5, 5.41) is 3.77. The molecule has 1 saturated carbocycles. The number of carbonyl (C=O) groups excluding carboxylic acids is 1. The monoisotopic (exact) mass is 340 g/mol. The molecule has 1 aliphatic carbocycles. The molecule has 1 aromatic rings. The number of fused-ring (bicyclic) bond motifs is 1. The van der Waals surface area contributed by atoms with Crippen molar-refractivity contribution < 1.29 is 4.79 Å². The molecule has 2 aliphatic rings. The summed E-state index contributed by atoms with van der Waals surface area (Å²) in [4.78, 5) is 14.7. The van der Waals surface area contributed by atoms with Crippen LogP contribution >= 0.6 is 23.2 Å². The van der Waals surface area contributed by atoms with E-state index in [1.165, 1.54) is 38.5 Å². The van der Waals surface area contributed by atoms with Crippen LogP contribution in [0.3, 0.4) is 0 Å². The normalized spacial score (nSPS) is 25.5. The van der Waals surface area contributed by atoms with Gasteiger partial charge in [0.2, 0.25) is 5.91 Å². The Morgan fingerprint density at radius 2 is 1.95 bits per heavy atom. The number of nitrogens with one attached hydrogen (secondary N) is 1. The van der Waals surface area contributed by atoms with Gasteiger partial charge >= 0.3 is 0 Å². The standard InChI is InChI=1S/C17H22Cl2N2O/c18-13-7-3-8-14(17(13)19)20-16(22)11-21-10-4-6-12-5-1-2-9-15(12)21/h3,7-8,12,15H,1-2,4-6,9-11H2,(H,20,22)/t12-,15+/m1/s1. The first-order valence-electron chi connectivity index (χ1n) is 8.13. The van der Waals surface area contributed by atoms with Crippen LogP contribution in [0.1, 0.15) is 38.5 Å². The quantitative estimate of drug-likeness (QED) is 0.872. The van der Waals surface area contributed by atoms with E-state index in [0.717, 1.165) is 12.5 Å². The van der Waals surface area contributed by atoms with Gasteiger partial charge in [-0.2, -0.15) is 0 Å². The predicted octanol–water partition coefficient (Wildman–Crippen LogP) is 4.59. The molecule has 120 valence electrons. The molecule has 0 unspecified atom stereocenters. The van der Waals surface area contributed by atoms with E-state index in [4.69, 9.17) is 23.2 Å². The first-order chi connectivity index (χ1) is 10.6. The lowest BCUT2D eigenvalue weighted by molar-refractivity contribution is -0.118. The maximum atomic E-state index is 12.4. The van der Waals surface area contributed by atoms with Gasteiger partial charge in [-0.05, 0) is 50.3 Å². The number of amides is 1. The topological polar surface area (TPSA) is 32.3 Å². The Morgan fingerprint density at radius 3 is 2.82 bits per heavy atom. The summed E-state index contributed by atoms with van der Waals surface area (Å²) in [6.45, 7) is 1.47. The Bertz CT molecular complexity index is 547. The van der Waals surface area contributed by atoms with Gasteiger partial charge in [0.05, 0.1) is 22.3 Å². The fourth-order valence-corrected chi connectivity index (χ4v) is 4.25. The van der Waals surface area contributed by atoms with E-state index in [0.29, 0.717) is 28.3 Å². The number of nitrogens with zero attached hydrogens (tertiary/aromatic N) is 1. The zero-order chi connectivity index (χ0) is 15.5. The molecule has 0 aromatic heterocycles. The first kappa shape index (κ1) is 16.1. The average molecular weight is 341 g/mol. The molecule has 5 heteroatoms. The van der Waals surface area contributed by atoms with E-state index >= 15 is 0 Å². The summed E-state index contributed by atoms with van der Waals surface area (Å²) in [6, 6.07) is 5.88. The highest BCUT2D eigenvalue weighted by molar-refractivity contribution is 6.43. The summed E-state index contributed by atoms with van der Waals surface area (Å²) in [5.74, 6) is 0.778. The lowest BCUT2D eigenvalue weighted by Crippen LogP contribution is -2.49. The van der Waals surface area contributed by atoms with E-state index < -0.39 is 0 Å². The summed E-state index contributed by atoms with van der Waals surface area (Å²) in [7, 11) is 0. The SMILES string of the molecule is O=C(CN1CCC[C@H]2CCCC[C@@H]21)Nc1cccc(Cl)c1Cl. The fourth-order valence-electron chi connectivity index (χ4n) is 3.90. The van der Waals surface area contributed by atoms with Crippen LogP contribution in [0.2, 0.25) is 10.0 Å². The van der Waals surface area contributed by atoms with Crippen LogP contribution in [0.25, 0.3) is 0 Å². The smallest absolute Gasteiger partial charge is 0.238 e. The molecule has 3 nitrogen and oxygen atoms in total. The molecule has 3 rings (SSSR count). The second-order valence-electron chi connectivity index (χ2n) is 6.37. The van der Waals surface area contributed by atoms with Crippen molar-refractivity contribution in [1.29, 1.82) is 0 Å². The average Bonchev–Trinajstić information content (AvgIpc) is 2.52. The molecule has 1 aromatic carbocycles. The summed E-state index contributed by atoms with van der Waals surface area (Å²) in [5.41, 5.74) is 0.594. The number of piperidine rings is 1. The van der Waals surface area contributed by atoms with Crippen molar-refractivity contribution in [2.75, 3.05) is 18.4 Å². The van der Waals surface area contributed by atoms with Crippen molar-refractivity contribution in [1.82, 2.24) is 4.90 Å². The highest BCUT2D eigenvalue weighted by atomic mass is 35.5. The Morgan fingerprint density at radius 1 is 1.18 bits per heavy atom. The zero-order valence-electron chi connectivity index (χ0n) is 12.7. The van der Waals surface area contributed by atoms with Crippen LogP contribution in [0.15, 0.2) is 18.2 Å². The van der Waals surface area contributed by atoms with E-state index in [1.807, 2.05) is 0 Å². The van der Waals surface area contributed by atoms with Gasteiger partial charge in [-0.25, -0.2) is 0 Å². The van der Waals surface area contributed by atoms with Crippen LogP contribution in [-0.4, -0.2) is 29.9 Å². The molecule has 1 amide bonds.